The molecule has 1 aliphatic heterocycles. The summed E-state index contributed by atoms with van der Waals surface area (Å²) in [5.74, 6) is -2.14. The molecule has 272 valence electrons. The lowest BCUT2D eigenvalue weighted by Crippen LogP contribution is -2.82. The maximum absolute atomic E-state index is 14.5. The Hall–Kier alpha value is -2.58. The van der Waals surface area contributed by atoms with Crippen molar-refractivity contribution >= 4 is 15.8 Å². The fourth-order valence-corrected chi connectivity index (χ4v) is 14.4. The van der Waals surface area contributed by atoms with E-state index < -0.39 is 55.8 Å². The molecule has 11 nitrogen and oxygen atoms in total. The van der Waals surface area contributed by atoms with Gasteiger partial charge in [0.15, 0.2) is 9.84 Å². The van der Waals surface area contributed by atoms with Crippen LogP contribution in [0, 0.1) is 35.0 Å². The number of esters is 1. The summed E-state index contributed by atoms with van der Waals surface area (Å²) in [6, 6.07) is 13.0. The summed E-state index contributed by atoms with van der Waals surface area (Å²) in [6.45, 7) is 3.08. The summed E-state index contributed by atoms with van der Waals surface area (Å²) in [4.78, 5) is 16.9. The molecule has 6 aliphatic rings. The molecule has 1 saturated heterocycles. The normalized spacial score (nSPS) is 42.7. The molecule has 2 aromatic rings. The number of para-hydroxylation sites is 1. The van der Waals surface area contributed by atoms with Crippen molar-refractivity contribution in [2.75, 3.05) is 41.0 Å². The number of piperidine rings is 1. The molecular weight excluding hydrogens is 662 g/mol. The number of carbonyl (C=O) groups is 1. The van der Waals surface area contributed by atoms with Crippen molar-refractivity contribution in [1.82, 2.24) is 4.90 Å². The van der Waals surface area contributed by atoms with Crippen LogP contribution >= 0.6 is 0 Å². The smallest absolute Gasteiger partial charge is 0.339 e. The van der Waals surface area contributed by atoms with Gasteiger partial charge in [-0.15, -0.1) is 0 Å². The van der Waals surface area contributed by atoms with E-state index in [1.807, 2.05) is 0 Å². The number of fused-ring (bicyclic) bond motifs is 2. The van der Waals surface area contributed by atoms with Crippen LogP contribution in [0.2, 0.25) is 0 Å². The van der Waals surface area contributed by atoms with Crippen LogP contribution in [0.1, 0.15) is 54.9 Å². The number of aliphatic hydroxyl groups excluding tert-OH is 1. The number of hydrogen-bond acceptors (Lipinski definition) is 11. The lowest BCUT2D eigenvalue weighted by Gasteiger charge is -2.71. The minimum atomic E-state index is -3.90. The second-order valence-corrected chi connectivity index (χ2v) is 17.6. The van der Waals surface area contributed by atoms with E-state index in [4.69, 9.17) is 18.9 Å². The van der Waals surface area contributed by atoms with Crippen molar-refractivity contribution < 1.29 is 47.5 Å². The van der Waals surface area contributed by atoms with Gasteiger partial charge in [-0.1, -0.05) is 37.3 Å². The molecule has 6 fully saturated rings. The Kier molecular flexibility index (Phi) is 8.08. The molecule has 3 unspecified atom stereocenters. The highest BCUT2D eigenvalue weighted by Crippen LogP contribution is 2.80. The Balaban J connectivity index is 1.21. The van der Waals surface area contributed by atoms with Crippen LogP contribution < -0.4 is 4.74 Å². The van der Waals surface area contributed by atoms with E-state index in [0.29, 0.717) is 44.3 Å². The van der Waals surface area contributed by atoms with E-state index >= 15 is 0 Å². The molecule has 8 rings (SSSR count). The summed E-state index contributed by atoms with van der Waals surface area (Å²) in [5, 5.41) is 37.0. The van der Waals surface area contributed by atoms with Gasteiger partial charge < -0.3 is 34.3 Å². The molecule has 3 N–H and O–H groups in total. The van der Waals surface area contributed by atoms with Gasteiger partial charge in [0, 0.05) is 68.9 Å². The van der Waals surface area contributed by atoms with Crippen LogP contribution in [0.4, 0.5) is 0 Å². The largest absolute Gasteiger partial charge is 0.495 e. The molecule has 5 aliphatic carbocycles. The maximum atomic E-state index is 14.5. The van der Waals surface area contributed by atoms with Gasteiger partial charge in [-0.05, 0) is 61.9 Å². The fraction of sp³-hybridized carbons (Fsp3) is 0.658. The molecule has 1 spiro atoms. The van der Waals surface area contributed by atoms with Crippen molar-refractivity contribution in [3.8, 4) is 5.75 Å². The number of methoxy groups -OCH3 is 3. The monoisotopic (exact) mass is 711 g/mol. The highest BCUT2D eigenvalue weighted by Gasteiger charge is 2.88. The Bertz CT molecular complexity index is 1790. The molecule has 2 aromatic carbocycles. The number of carbonyl (C=O) groups excluding carboxylic acids is 1. The number of hydrogen-bond donors (Lipinski definition) is 3. The molecule has 1 heterocycles. The van der Waals surface area contributed by atoms with Crippen LogP contribution in [0.25, 0.3) is 0 Å². The van der Waals surface area contributed by atoms with Gasteiger partial charge in [-0.2, -0.15) is 0 Å². The van der Waals surface area contributed by atoms with Gasteiger partial charge >= 0.3 is 5.97 Å². The first kappa shape index (κ1) is 34.5. The third-order valence-corrected chi connectivity index (χ3v) is 16.0. The highest BCUT2D eigenvalue weighted by molar-refractivity contribution is 7.90. The SMILES string of the molecule is CCN1C[C@]2(OC(=O)c3ccccc3CS(=O)(=O)c3ccccc3OC)CC[C@H](CO)[C@]34C1[C@H](CC23)[C@@]1(O)C[C@H](OC)[C@H]2CC4[C@]1(O)[C@H]2OC. The predicted molar refractivity (Wildman–Crippen MR) is 181 cm³/mol. The topological polar surface area (TPSA) is 152 Å². The second kappa shape index (κ2) is 11.7. The van der Waals surface area contributed by atoms with E-state index in [-0.39, 0.29) is 65.1 Å². The Morgan fingerprint density at radius 3 is 2.44 bits per heavy atom. The van der Waals surface area contributed by atoms with Crippen LogP contribution in [0.15, 0.2) is 53.4 Å². The number of ether oxygens (including phenoxy) is 4. The van der Waals surface area contributed by atoms with Crippen LogP contribution in [0.5, 0.6) is 5.75 Å². The van der Waals surface area contributed by atoms with E-state index in [0.717, 1.165) is 0 Å². The van der Waals surface area contributed by atoms with E-state index in [2.05, 4.69) is 11.8 Å². The van der Waals surface area contributed by atoms with Gasteiger partial charge in [-0.3, -0.25) is 4.90 Å². The Labute approximate surface area is 293 Å². The summed E-state index contributed by atoms with van der Waals surface area (Å²) < 4.78 is 51.5. The number of likely N-dealkylation sites (tertiary alicyclic amines) is 1. The number of rotatable bonds is 10. The zero-order valence-corrected chi connectivity index (χ0v) is 30.0. The van der Waals surface area contributed by atoms with E-state index in [1.54, 1.807) is 56.7 Å². The van der Waals surface area contributed by atoms with Crippen molar-refractivity contribution in [2.45, 2.75) is 84.7 Å². The predicted octanol–water partition coefficient (Wildman–Crippen LogP) is 2.84. The standard InChI is InChI=1S/C38H49NO10S/c1-5-39-21-35(49-34(41)24-11-7-6-10-22(24)20-50(44,45)29-13-9-8-12-27(29)46-2)15-14-23(19-40)37-30(35)17-26(32(37)39)36(42)18-28(47-3)25-16-31(37)38(36,43)33(25)48-4/h6-13,23,25-26,28,30-33,40,42-43H,5,14-21H2,1-4H3/t23-,25-,26+,28+,30?,31?,32?,33+,35-,36+,37+,38+/m1/s1. The summed E-state index contributed by atoms with van der Waals surface area (Å²) in [7, 11) is 0.767. The van der Waals surface area contributed by atoms with Gasteiger partial charge in [0.05, 0.1) is 30.6 Å². The fourth-order valence-electron chi connectivity index (χ4n) is 12.8. The average Bonchev–Trinajstić information content (AvgIpc) is 3.54. The lowest BCUT2D eigenvalue weighted by molar-refractivity contribution is -0.333. The molecule has 7 bridgehead atoms. The molecule has 0 radical (unpaired) electrons. The summed E-state index contributed by atoms with van der Waals surface area (Å²) in [5.41, 5.74) is -4.20. The molecular formula is C38H49NO10S. The highest BCUT2D eigenvalue weighted by atomic mass is 32.2. The third-order valence-electron chi connectivity index (χ3n) is 14.3. The van der Waals surface area contributed by atoms with Crippen molar-refractivity contribution in [3.05, 3.63) is 59.7 Å². The molecule has 0 aromatic heterocycles. The first-order valence-electron chi connectivity index (χ1n) is 17.9. The molecule has 5 saturated carbocycles. The molecule has 0 amide bonds. The lowest BCUT2D eigenvalue weighted by atomic mass is 9.42. The van der Waals surface area contributed by atoms with Gasteiger partial charge in [0.2, 0.25) is 0 Å². The van der Waals surface area contributed by atoms with Crippen molar-refractivity contribution in [1.29, 1.82) is 0 Å². The summed E-state index contributed by atoms with van der Waals surface area (Å²) in [6.07, 6.45) is 1.54. The second-order valence-electron chi connectivity index (χ2n) is 15.7. The zero-order chi connectivity index (χ0) is 35.4. The average molecular weight is 712 g/mol. The quantitative estimate of drug-likeness (QED) is 0.312. The first-order chi connectivity index (χ1) is 23.9. The third kappa shape index (κ3) is 4.18. The van der Waals surface area contributed by atoms with Crippen LogP contribution in [-0.2, 0) is 29.8 Å². The number of sulfone groups is 1. The number of likely N-dealkylation sites (N-methyl/N-ethyl adjacent to an activating group) is 1. The zero-order valence-electron chi connectivity index (χ0n) is 29.2. The Morgan fingerprint density at radius 1 is 1.00 bits per heavy atom. The number of aliphatic hydroxyl groups is 3. The van der Waals surface area contributed by atoms with Gasteiger partial charge in [0.1, 0.15) is 27.4 Å². The molecule has 50 heavy (non-hydrogen) atoms. The number of nitrogens with zero attached hydrogens (tertiary/aromatic N) is 1. The van der Waals surface area contributed by atoms with E-state index in [9.17, 15) is 28.5 Å². The molecule has 12 atom stereocenters. The maximum Gasteiger partial charge on any atom is 0.339 e. The van der Waals surface area contributed by atoms with Crippen molar-refractivity contribution in [2.24, 2.45) is 35.0 Å². The minimum absolute atomic E-state index is 0.0463. The Morgan fingerprint density at radius 2 is 1.74 bits per heavy atom. The first-order valence-corrected chi connectivity index (χ1v) is 19.6. The summed E-state index contributed by atoms with van der Waals surface area (Å²) >= 11 is 0. The van der Waals surface area contributed by atoms with Crippen LogP contribution in [-0.4, -0.2) is 111 Å². The van der Waals surface area contributed by atoms with Gasteiger partial charge in [-0.25, -0.2) is 13.2 Å². The molecule has 12 heteroatoms. The minimum Gasteiger partial charge on any atom is -0.495 e. The number of benzene rings is 2. The van der Waals surface area contributed by atoms with Gasteiger partial charge in [0.25, 0.3) is 0 Å². The van der Waals surface area contributed by atoms with E-state index in [1.165, 1.54) is 13.2 Å². The van der Waals surface area contributed by atoms with Crippen LogP contribution in [0.3, 0.4) is 0 Å². The van der Waals surface area contributed by atoms with Crippen molar-refractivity contribution in [3.63, 3.8) is 0 Å².